The van der Waals surface area contributed by atoms with Gasteiger partial charge < -0.3 is 14.6 Å². The molecule has 2 atom stereocenters. The van der Waals surface area contributed by atoms with Crippen LogP contribution in [-0.2, 0) is 9.47 Å². The summed E-state index contributed by atoms with van der Waals surface area (Å²) in [4.78, 5) is 13.5. The van der Waals surface area contributed by atoms with E-state index in [2.05, 4.69) is 0 Å². The number of rotatable bonds is 2. The number of carbonyl (C=O) groups excluding carboxylic acids is 1. The van der Waals surface area contributed by atoms with E-state index in [0.717, 1.165) is 6.26 Å². The first-order valence-corrected chi connectivity index (χ1v) is 5.70. The summed E-state index contributed by atoms with van der Waals surface area (Å²) in [5.41, 5.74) is -0.518. The van der Waals surface area contributed by atoms with E-state index in [1.165, 1.54) is 0 Å². The predicted molar refractivity (Wildman–Crippen MR) is 63.9 cm³/mol. The van der Waals surface area contributed by atoms with Crippen LogP contribution in [0.3, 0.4) is 0 Å². The molecule has 1 N–H and O–H groups in total. The highest BCUT2D eigenvalue weighted by Crippen LogP contribution is 2.23. The maximum atomic E-state index is 11.9. The molecular formula is C12H21NO4. The van der Waals surface area contributed by atoms with Crippen LogP contribution < -0.4 is 0 Å². The smallest absolute Gasteiger partial charge is 0.410 e. The minimum atomic E-state index is -0.518. The summed E-state index contributed by atoms with van der Waals surface area (Å²) in [6, 6.07) is -0.167. The molecule has 0 aromatic heterocycles. The molecule has 0 aliphatic carbocycles. The first-order chi connectivity index (χ1) is 7.87. The summed E-state index contributed by atoms with van der Waals surface area (Å²) >= 11 is 0. The number of aliphatic hydroxyl groups excluding tert-OH is 1. The van der Waals surface area contributed by atoms with Crippen molar-refractivity contribution in [3.63, 3.8) is 0 Å². The molecular weight excluding hydrogens is 222 g/mol. The molecule has 0 saturated carbocycles. The van der Waals surface area contributed by atoms with Crippen LogP contribution in [0.2, 0.25) is 0 Å². The third-order valence-corrected chi connectivity index (χ3v) is 2.57. The zero-order valence-corrected chi connectivity index (χ0v) is 10.8. The van der Waals surface area contributed by atoms with Gasteiger partial charge >= 0.3 is 6.09 Å². The Morgan fingerprint density at radius 2 is 2.12 bits per heavy atom. The van der Waals surface area contributed by atoms with E-state index in [1.54, 1.807) is 18.1 Å². The predicted octanol–water partition coefficient (Wildman–Crippen LogP) is 2.08. The van der Waals surface area contributed by atoms with E-state index in [4.69, 9.17) is 14.6 Å². The van der Waals surface area contributed by atoms with E-state index in [-0.39, 0.29) is 18.2 Å². The van der Waals surface area contributed by atoms with Crippen molar-refractivity contribution >= 4 is 6.09 Å². The summed E-state index contributed by atoms with van der Waals surface area (Å²) in [7, 11) is 1.61. The van der Waals surface area contributed by atoms with Gasteiger partial charge in [0.25, 0.3) is 0 Å². The van der Waals surface area contributed by atoms with Crippen molar-refractivity contribution in [1.82, 2.24) is 4.90 Å². The van der Waals surface area contributed by atoms with Gasteiger partial charge in [0.1, 0.15) is 5.60 Å². The molecule has 0 aromatic rings. The van der Waals surface area contributed by atoms with Crippen LogP contribution in [0.5, 0.6) is 0 Å². The normalized spacial score (nSPS) is 25.5. The Hall–Kier alpha value is -1.23. The van der Waals surface area contributed by atoms with Crippen LogP contribution in [0.25, 0.3) is 0 Å². The topological polar surface area (TPSA) is 59.0 Å². The van der Waals surface area contributed by atoms with Crippen molar-refractivity contribution in [1.29, 1.82) is 0 Å². The third kappa shape index (κ3) is 3.93. The van der Waals surface area contributed by atoms with Crippen molar-refractivity contribution in [3.8, 4) is 0 Å². The van der Waals surface area contributed by atoms with Gasteiger partial charge in [-0.2, -0.15) is 0 Å². The van der Waals surface area contributed by atoms with E-state index < -0.39 is 5.60 Å². The van der Waals surface area contributed by atoms with Crippen LogP contribution in [-0.4, -0.2) is 47.5 Å². The van der Waals surface area contributed by atoms with Crippen LogP contribution in [0, 0.1) is 0 Å². The number of likely N-dealkylation sites (tertiary alicyclic amines) is 1. The lowest BCUT2D eigenvalue weighted by atomic mass is 10.2. The maximum absolute atomic E-state index is 11.9. The highest BCUT2D eigenvalue weighted by atomic mass is 16.6. The summed E-state index contributed by atoms with van der Waals surface area (Å²) < 4.78 is 10.5. The molecule has 1 heterocycles. The second-order valence-electron chi connectivity index (χ2n) is 5.13. The molecule has 5 nitrogen and oxygen atoms in total. The number of methoxy groups -OCH3 is 1. The molecule has 1 aliphatic heterocycles. The lowest BCUT2D eigenvalue weighted by molar-refractivity contribution is 0.0220. The first-order valence-electron chi connectivity index (χ1n) is 5.70. The molecule has 0 radical (unpaired) electrons. The molecule has 5 heteroatoms. The quantitative estimate of drug-likeness (QED) is 0.754. The maximum Gasteiger partial charge on any atom is 0.410 e. The SMILES string of the molecule is COC1CC(/C=C/O)N(C(=O)OC(C)(C)C)C1. The molecule has 1 saturated heterocycles. The number of amides is 1. The van der Waals surface area contributed by atoms with Gasteiger partial charge in [0.2, 0.25) is 0 Å². The minimum absolute atomic E-state index is 0.0104. The average Bonchev–Trinajstić information content (AvgIpc) is 2.59. The van der Waals surface area contributed by atoms with Crippen molar-refractivity contribution in [2.45, 2.75) is 44.9 Å². The fourth-order valence-electron chi connectivity index (χ4n) is 1.81. The van der Waals surface area contributed by atoms with Gasteiger partial charge in [-0.05, 0) is 33.3 Å². The van der Waals surface area contributed by atoms with Gasteiger partial charge in [0, 0.05) is 7.11 Å². The number of aliphatic hydroxyl groups is 1. The van der Waals surface area contributed by atoms with Gasteiger partial charge in [0.05, 0.1) is 25.0 Å². The highest BCUT2D eigenvalue weighted by molar-refractivity contribution is 5.69. The first kappa shape index (κ1) is 13.8. The van der Waals surface area contributed by atoms with Crippen LogP contribution >= 0.6 is 0 Å². The molecule has 17 heavy (non-hydrogen) atoms. The number of ether oxygens (including phenoxy) is 2. The lowest BCUT2D eigenvalue weighted by Gasteiger charge is -2.27. The number of carbonyl (C=O) groups is 1. The molecule has 1 rings (SSSR count). The molecule has 1 amide bonds. The Balaban J connectivity index is 2.69. The summed E-state index contributed by atoms with van der Waals surface area (Å²) in [6.07, 6.45) is 2.82. The Morgan fingerprint density at radius 1 is 1.47 bits per heavy atom. The monoisotopic (exact) mass is 243 g/mol. The highest BCUT2D eigenvalue weighted by Gasteiger charge is 2.36. The molecule has 2 unspecified atom stereocenters. The molecule has 0 bridgehead atoms. The fourth-order valence-corrected chi connectivity index (χ4v) is 1.81. The van der Waals surface area contributed by atoms with Gasteiger partial charge in [0.15, 0.2) is 0 Å². The standard InChI is InChI=1S/C12H21NO4/c1-12(2,3)17-11(15)13-8-10(16-4)7-9(13)5-6-14/h5-6,9-10,14H,7-8H2,1-4H3/b6-5+. The number of nitrogens with zero attached hydrogens (tertiary/aromatic N) is 1. The molecule has 1 aliphatic rings. The zero-order chi connectivity index (χ0) is 13.1. The Morgan fingerprint density at radius 3 is 2.59 bits per heavy atom. The lowest BCUT2D eigenvalue weighted by Crippen LogP contribution is -2.39. The van der Waals surface area contributed by atoms with Crippen LogP contribution in [0.1, 0.15) is 27.2 Å². The van der Waals surface area contributed by atoms with Gasteiger partial charge in [-0.25, -0.2) is 4.79 Å². The Kier molecular flexibility index (Phi) is 4.40. The third-order valence-electron chi connectivity index (χ3n) is 2.57. The van der Waals surface area contributed by atoms with Crippen molar-refractivity contribution < 1.29 is 19.4 Å². The molecule has 0 spiro atoms. The molecule has 0 aromatic carbocycles. The van der Waals surface area contributed by atoms with Crippen LogP contribution in [0.4, 0.5) is 4.79 Å². The summed E-state index contributed by atoms with van der Waals surface area (Å²) in [6.45, 7) is 5.96. The zero-order valence-electron chi connectivity index (χ0n) is 10.8. The second-order valence-corrected chi connectivity index (χ2v) is 5.13. The van der Waals surface area contributed by atoms with Gasteiger partial charge in [-0.3, -0.25) is 4.90 Å². The Labute approximate surface area is 102 Å². The van der Waals surface area contributed by atoms with Gasteiger partial charge in [-0.1, -0.05) is 0 Å². The van der Waals surface area contributed by atoms with E-state index in [9.17, 15) is 4.79 Å². The second kappa shape index (κ2) is 5.40. The van der Waals surface area contributed by atoms with E-state index in [1.807, 2.05) is 20.8 Å². The molecule has 98 valence electrons. The van der Waals surface area contributed by atoms with E-state index in [0.29, 0.717) is 13.0 Å². The van der Waals surface area contributed by atoms with Crippen molar-refractivity contribution in [3.05, 3.63) is 12.3 Å². The van der Waals surface area contributed by atoms with Gasteiger partial charge in [-0.15, -0.1) is 0 Å². The summed E-state index contributed by atoms with van der Waals surface area (Å²) in [5, 5.41) is 8.82. The fraction of sp³-hybridized carbons (Fsp3) is 0.750. The van der Waals surface area contributed by atoms with E-state index >= 15 is 0 Å². The minimum Gasteiger partial charge on any atom is -0.516 e. The largest absolute Gasteiger partial charge is 0.516 e. The van der Waals surface area contributed by atoms with Crippen molar-refractivity contribution in [2.24, 2.45) is 0 Å². The van der Waals surface area contributed by atoms with Crippen LogP contribution in [0.15, 0.2) is 12.3 Å². The number of hydrogen-bond donors (Lipinski definition) is 1. The molecule has 1 fully saturated rings. The summed E-state index contributed by atoms with van der Waals surface area (Å²) in [5.74, 6) is 0. The Bertz CT molecular complexity index is 295. The number of hydrogen-bond acceptors (Lipinski definition) is 4. The average molecular weight is 243 g/mol. The van der Waals surface area contributed by atoms with Crippen molar-refractivity contribution in [2.75, 3.05) is 13.7 Å².